The van der Waals surface area contributed by atoms with Gasteiger partial charge < -0.3 is 25.6 Å². The van der Waals surface area contributed by atoms with Crippen molar-refractivity contribution >= 4 is 45.6 Å². The molecule has 4 aromatic rings. The lowest BCUT2D eigenvalue weighted by atomic mass is 10.0. The summed E-state index contributed by atoms with van der Waals surface area (Å²) in [6.07, 6.45) is 1.53. The Morgan fingerprint density at radius 2 is 2.00 bits per heavy atom. The van der Waals surface area contributed by atoms with Gasteiger partial charge in [-0.15, -0.1) is 0 Å². The van der Waals surface area contributed by atoms with Crippen molar-refractivity contribution in [1.82, 2.24) is 20.3 Å². The van der Waals surface area contributed by atoms with E-state index < -0.39 is 18.0 Å². The predicted octanol–water partition coefficient (Wildman–Crippen LogP) is 5.93. The Labute approximate surface area is 240 Å². The van der Waals surface area contributed by atoms with Crippen molar-refractivity contribution in [1.29, 1.82) is 5.53 Å². The average Bonchev–Trinajstić information content (AvgIpc) is 3.00. The van der Waals surface area contributed by atoms with E-state index in [4.69, 9.17) is 10.3 Å². The Morgan fingerprint density at radius 1 is 1.19 bits per heavy atom. The second-order valence-corrected chi connectivity index (χ2v) is 9.73. The molecule has 13 heteroatoms. The minimum atomic E-state index is -1.16. The summed E-state index contributed by atoms with van der Waals surface area (Å²) < 4.78 is 36.0. The maximum atomic E-state index is 15.5. The van der Waals surface area contributed by atoms with Crippen molar-refractivity contribution in [2.45, 2.75) is 25.6 Å². The summed E-state index contributed by atoms with van der Waals surface area (Å²) >= 11 is 0. The molecule has 2 aromatic carbocycles. The Morgan fingerprint density at radius 3 is 2.76 bits per heavy atom. The van der Waals surface area contributed by atoms with Gasteiger partial charge in [0, 0.05) is 37.7 Å². The van der Waals surface area contributed by atoms with Crippen LogP contribution in [0.5, 0.6) is 11.5 Å². The van der Waals surface area contributed by atoms with Gasteiger partial charge in [-0.1, -0.05) is 6.58 Å². The molecule has 42 heavy (non-hydrogen) atoms. The number of amides is 1. The highest BCUT2D eigenvalue weighted by Crippen LogP contribution is 2.36. The number of aromatic nitrogens is 3. The van der Waals surface area contributed by atoms with Gasteiger partial charge in [0.1, 0.15) is 41.0 Å². The number of hydrogen-bond donors (Lipinski definition) is 4. The highest BCUT2D eigenvalue weighted by atomic mass is 19.1. The molecule has 4 N–H and O–H groups in total. The number of alkyl halides is 1. The number of rotatable bonds is 9. The maximum Gasteiger partial charge on any atom is 0.243 e. The molecule has 0 aliphatic carbocycles. The molecule has 216 valence electrons. The van der Waals surface area contributed by atoms with E-state index >= 15 is 4.39 Å². The van der Waals surface area contributed by atoms with Crippen LogP contribution in [0, 0.1) is 18.3 Å². The van der Waals surface area contributed by atoms with Crippen LogP contribution in [0.15, 0.2) is 66.6 Å². The van der Waals surface area contributed by atoms with Crippen molar-refractivity contribution in [2.24, 2.45) is 5.11 Å². The van der Waals surface area contributed by atoms with Gasteiger partial charge >= 0.3 is 0 Å². The lowest BCUT2D eigenvalue weighted by Gasteiger charge is -2.35. The molecule has 0 radical (unpaired) electrons. The topological polar surface area (TPSA) is 141 Å². The third kappa shape index (κ3) is 5.94. The molecule has 11 nitrogen and oxygen atoms in total. The number of nitrogens with zero attached hydrogens (tertiary/aromatic N) is 5. The number of anilines is 4. The van der Waals surface area contributed by atoms with E-state index in [1.165, 1.54) is 12.4 Å². The minimum Gasteiger partial charge on any atom is -0.457 e. The first-order valence-corrected chi connectivity index (χ1v) is 13.2. The molecule has 1 aliphatic rings. The second kappa shape index (κ2) is 12.1. The van der Waals surface area contributed by atoms with Crippen molar-refractivity contribution in [2.75, 3.05) is 35.7 Å². The van der Waals surface area contributed by atoms with Crippen LogP contribution in [0.4, 0.5) is 37.5 Å². The number of benzene rings is 2. The molecule has 1 saturated heterocycles. The zero-order chi connectivity index (χ0) is 29.8. The highest BCUT2D eigenvalue weighted by Gasteiger charge is 2.29. The van der Waals surface area contributed by atoms with Crippen LogP contribution < -0.4 is 25.6 Å². The number of carbonyl (C=O) groups excluding carboxylic acids is 1. The Bertz CT molecular complexity index is 1670. The monoisotopic (exact) mass is 573 g/mol. The summed E-state index contributed by atoms with van der Waals surface area (Å²) in [4.78, 5) is 26.8. The molecule has 0 spiro atoms. The molecule has 1 aliphatic heterocycles. The number of ether oxygens (including phenoxy) is 1. The molecular formula is C29H29F2N9O2. The maximum absolute atomic E-state index is 15.5. The van der Waals surface area contributed by atoms with E-state index in [0.29, 0.717) is 46.3 Å². The average molecular weight is 574 g/mol. The minimum absolute atomic E-state index is 0.111. The zero-order valence-electron chi connectivity index (χ0n) is 23.0. The van der Waals surface area contributed by atoms with Crippen molar-refractivity contribution in [3.63, 3.8) is 0 Å². The van der Waals surface area contributed by atoms with E-state index in [2.05, 4.69) is 42.6 Å². The largest absolute Gasteiger partial charge is 0.457 e. The van der Waals surface area contributed by atoms with Gasteiger partial charge in [0.15, 0.2) is 11.6 Å². The molecule has 2 atom stereocenters. The number of piperidine rings is 1. The molecule has 1 fully saturated rings. The lowest BCUT2D eigenvalue weighted by Crippen LogP contribution is -2.51. The summed E-state index contributed by atoms with van der Waals surface area (Å²) in [6.45, 7) is 5.51. The van der Waals surface area contributed by atoms with Crippen LogP contribution >= 0.6 is 0 Å². The van der Waals surface area contributed by atoms with Gasteiger partial charge in [-0.3, -0.25) is 4.79 Å². The number of pyridine rings is 1. The van der Waals surface area contributed by atoms with Crippen molar-refractivity contribution in [3.05, 3.63) is 72.8 Å². The van der Waals surface area contributed by atoms with E-state index in [-0.39, 0.29) is 35.9 Å². The third-order valence-electron chi connectivity index (χ3n) is 6.90. The molecule has 0 bridgehead atoms. The van der Waals surface area contributed by atoms with E-state index in [1.54, 1.807) is 55.3 Å². The number of nitrogens with one attached hydrogen (secondary N) is 4. The normalized spacial score (nSPS) is 16.5. The van der Waals surface area contributed by atoms with Crippen LogP contribution in [0.25, 0.3) is 11.0 Å². The zero-order valence-corrected chi connectivity index (χ0v) is 23.0. The van der Waals surface area contributed by atoms with Crippen LogP contribution in [0.1, 0.15) is 12.0 Å². The SMILES string of the molecule is C=CC(=O)N[C@@H]1C[C@H](F)CN(c2ccc3ncnc(Nc4ccc(Oc5ccc(NC)c(N=N)c5)c(C)c4F)c3n2)C1. The molecule has 0 saturated carbocycles. The summed E-state index contributed by atoms with van der Waals surface area (Å²) in [6, 6.07) is 11.2. The van der Waals surface area contributed by atoms with Gasteiger partial charge in [0.25, 0.3) is 0 Å². The van der Waals surface area contributed by atoms with Gasteiger partial charge in [-0.2, -0.15) is 5.11 Å². The van der Waals surface area contributed by atoms with Crippen LogP contribution in [-0.2, 0) is 4.79 Å². The predicted molar refractivity (Wildman–Crippen MR) is 156 cm³/mol. The quantitative estimate of drug-likeness (QED) is 0.143. The van der Waals surface area contributed by atoms with Gasteiger partial charge in [-0.25, -0.2) is 29.3 Å². The first-order chi connectivity index (χ1) is 20.3. The smallest absolute Gasteiger partial charge is 0.243 e. The molecule has 0 unspecified atom stereocenters. The fourth-order valence-electron chi connectivity index (χ4n) is 4.79. The van der Waals surface area contributed by atoms with Gasteiger partial charge in [-0.05, 0) is 49.4 Å². The van der Waals surface area contributed by atoms with E-state index in [1.807, 2.05) is 0 Å². The molecule has 2 aromatic heterocycles. The fourth-order valence-corrected chi connectivity index (χ4v) is 4.79. The second-order valence-electron chi connectivity index (χ2n) is 9.73. The number of fused-ring (bicyclic) bond motifs is 1. The lowest BCUT2D eigenvalue weighted by molar-refractivity contribution is -0.117. The van der Waals surface area contributed by atoms with Gasteiger partial charge in [0.2, 0.25) is 5.91 Å². The Hall–Kier alpha value is -5.20. The van der Waals surface area contributed by atoms with Crippen LogP contribution in [0.3, 0.4) is 0 Å². The number of carbonyl (C=O) groups is 1. The van der Waals surface area contributed by atoms with Crippen LogP contribution in [-0.4, -0.2) is 53.2 Å². The van der Waals surface area contributed by atoms with Crippen molar-refractivity contribution < 1.29 is 18.3 Å². The summed E-state index contributed by atoms with van der Waals surface area (Å²) in [5.74, 6) is 0.524. The molecule has 5 rings (SSSR count). The molecule has 1 amide bonds. The van der Waals surface area contributed by atoms with Gasteiger partial charge in [0.05, 0.1) is 23.4 Å². The van der Waals surface area contributed by atoms with E-state index in [0.717, 1.165) is 6.08 Å². The first-order valence-electron chi connectivity index (χ1n) is 13.2. The molecule has 3 heterocycles. The Kier molecular flexibility index (Phi) is 8.18. The highest BCUT2D eigenvalue weighted by molar-refractivity contribution is 5.88. The summed E-state index contributed by atoms with van der Waals surface area (Å²) in [5.41, 5.74) is 9.70. The molecular weight excluding hydrogens is 544 g/mol. The number of halogens is 2. The standard InChI is InChI=1S/C29H29F2N9O2/c1-4-26(41)36-18-11-17(30)13-40(14-18)25-10-8-22-28(38-25)29(35-15-34-22)37-21-7-9-24(16(2)27(21)31)42-19-5-6-20(33-3)23(12-19)39-32/h4-10,12,15,17-18,32-33H,1,11,13-14H2,2-3H3,(H,36,41)(H,34,35,37)/t17-,18+/m0/s1. The number of hydrogen-bond acceptors (Lipinski definition) is 10. The third-order valence-corrected chi connectivity index (χ3v) is 6.90. The van der Waals surface area contributed by atoms with Crippen LogP contribution in [0.2, 0.25) is 0 Å². The Balaban J connectivity index is 1.40. The fraction of sp³-hybridized carbons (Fsp3) is 0.241. The van der Waals surface area contributed by atoms with E-state index in [9.17, 15) is 9.18 Å². The summed E-state index contributed by atoms with van der Waals surface area (Å²) in [5, 5.41) is 12.2. The summed E-state index contributed by atoms with van der Waals surface area (Å²) in [7, 11) is 1.72. The first kappa shape index (κ1) is 28.3. The van der Waals surface area contributed by atoms with Crippen molar-refractivity contribution in [3.8, 4) is 11.5 Å².